The minimum Gasteiger partial charge on any atom is -0.273 e. The average molecular weight is 361 g/mol. The molecule has 0 aliphatic rings. The quantitative estimate of drug-likeness (QED) is 0.645. The van der Waals surface area contributed by atoms with Crippen LogP contribution in [0.5, 0.6) is 0 Å². The first-order valence-corrected chi connectivity index (χ1v) is 9.59. The van der Waals surface area contributed by atoms with Crippen LogP contribution in [0.3, 0.4) is 0 Å². The van der Waals surface area contributed by atoms with Gasteiger partial charge in [0.15, 0.2) is 0 Å². The smallest absolute Gasteiger partial charge is 0.273 e. The van der Waals surface area contributed by atoms with Crippen LogP contribution >= 0.6 is 11.3 Å². The molecule has 0 saturated heterocycles. The first-order chi connectivity index (χ1) is 10.2. The van der Waals surface area contributed by atoms with Crippen LogP contribution < -0.4 is 15.4 Å². The number of hydrogen-bond donors (Lipinski definition) is 3. The van der Waals surface area contributed by atoms with Crippen LogP contribution in [0, 0.1) is 0 Å². The molecule has 0 radical (unpaired) electrons. The lowest BCUT2D eigenvalue weighted by molar-refractivity contribution is 0.0949. The van der Waals surface area contributed by atoms with Gasteiger partial charge in [-0.05, 0) is 29.6 Å². The minimum absolute atomic E-state index is 0.320. The maximum absolute atomic E-state index is 12.0. The normalized spacial score (nSPS) is 12.0. The van der Waals surface area contributed by atoms with Crippen molar-refractivity contribution in [3.05, 3.63) is 46.7 Å². The number of nitrogens with one attached hydrogen (secondary N) is 2. The number of amides is 1. The van der Waals surface area contributed by atoms with Gasteiger partial charge < -0.3 is 0 Å². The van der Waals surface area contributed by atoms with E-state index in [0.29, 0.717) is 4.88 Å². The van der Waals surface area contributed by atoms with Crippen molar-refractivity contribution in [2.45, 2.75) is 9.79 Å². The Labute approximate surface area is 131 Å². The molecule has 2 aromatic rings. The number of hydrogen-bond acceptors (Lipinski definition) is 6. The van der Waals surface area contributed by atoms with Crippen LogP contribution in [0.1, 0.15) is 9.67 Å². The Morgan fingerprint density at radius 1 is 1.05 bits per heavy atom. The number of primary sulfonamides is 1. The van der Waals surface area contributed by atoms with Gasteiger partial charge in [-0.1, -0.05) is 12.1 Å². The molecular weight excluding hydrogens is 350 g/mol. The van der Waals surface area contributed by atoms with Gasteiger partial charge >= 0.3 is 0 Å². The molecule has 1 aromatic heterocycles. The van der Waals surface area contributed by atoms with Gasteiger partial charge in [0, 0.05) is 0 Å². The Hall–Kier alpha value is -1.79. The number of rotatable bonds is 5. The first-order valence-electron chi connectivity index (χ1n) is 5.69. The first kappa shape index (κ1) is 16.6. The zero-order valence-corrected chi connectivity index (χ0v) is 13.3. The van der Waals surface area contributed by atoms with E-state index in [2.05, 4.69) is 0 Å². The largest absolute Gasteiger partial charge is 0.276 e. The molecule has 22 heavy (non-hydrogen) atoms. The van der Waals surface area contributed by atoms with E-state index < -0.39 is 26.0 Å². The molecule has 1 aromatic carbocycles. The Kier molecular flexibility index (Phi) is 4.63. The van der Waals surface area contributed by atoms with Gasteiger partial charge in [0.2, 0.25) is 10.0 Å². The summed E-state index contributed by atoms with van der Waals surface area (Å²) in [5.74, 6) is -0.624. The van der Waals surface area contributed by atoms with Gasteiger partial charge in [0.25, 0.3) is 15.9 Å². The highest BCUT2D eigenvalue weighted by molar-refractivity contribution is 7.90. The van der Waals surface area contributed by atoms with Gasteiger partial charge in [-0.15, -0.1) is 16.2 Å². The van der Waals surface area contributed by atoms with E-state index in [0.717, 1.165) is 17.4 Å². The lowest BCUT2D eigenvalue weighted by Crippen LogP contribution is -2.41. The summed E-state index contributed by atoms with van der Waals surface area (Å²) in [6, 6.07) is 7.64. The standard InChI is InChI=1S/C11H11N3O5S3/c12-21(16,17)8-3-1-4-9(7-8)22(18,19)14-13-11(15)10-5-2-6-20-10/h1-7,14H,(H,13,15)(H2,12,16,17). The van der Waals surface area contributed by atoms with Gasteiger partial charge in [-0.25, -0.2) is 22.0 Å². The van der Waals surface area contributed by atoms with E-state index in [4.69, 9.17) is 5.14 Å². The molecule has 1 heterocycles. The van der Waals surface area contributed by atoms with Crippen molar-refractivity contribution >= 4 is 37.3 Å². The minimum atomic E-state index is -4.13. The fraction of sp³-hybridized carbons (Fsp3) is 0. The molecule has 0 bridgehead atoms. The number of hydrazine groups is 1. The third-order valence-corrected chi connectivity index (χ3v) is 5.51. The predicted molar refractivity (Wildman–Crippen MR) is 79.9 cm³/mol. The number of carbonyl (C=O) groups is 1. The highest BCUT2D eigenvalue weighted by atomic mass is 32.2. The summed E-state index contributed by atoms with van der Waals surface area (Å²) < 4.78 is 46.5. The van der Waals surface area contributed by atoms with Gasteiger partial charge in [-0.3, -0.25) is 10.2 Å². The fourth-order valence-electron chi connectivity index (χ4n) is 1.46. The van der Waals surface area contributed by atoms with Crippen molar-refractivity contribution in [3.8, 4) is 0 Å². The van der Waals surface area contributed by atoms with Crippen molar-refractivity contribution < 1.29 is 21.6 Å². The summed E-state index contributed by atoms with van der Waals surface area (Å²) in [4.78, 5) is 13.2. The number of carbonyl (C=O) groups excluding carboxylic acids is 1. The summed E-state index contributed by atoms with van der Waals surface area (Å²) in [6.07, 6.45) is 0. The van der Waals surface area contributed by atoms with Crippen LogP contribution in [0.15, 0.2) is 51.6 Å². The Morgan fingerprint density at radius 2 is 1.73 bits per heavy atom. The molecule has 0 unspecified atom stereocenters. The second kappa shape index (κ2) is 6.14. The molecular formula is C11H11N3O5S3. The number of thiophene rings is 1. The van der Waals surface area contributed by atoms with Crippen molar-refractivity contribution in [2.24, 2.45) is 5.14 Å². The van der Waals surface area contributed by atoms with Crippen molar-refractivity contribution in [3.63, 3.8) is 0 Å². The molecule has 1 amide bonds. The highest BCUT2D eigenvalue weighted by Gasteiger charge is 2.18. The van der Waals surface area contributed by atoms with E-state index in [1.807, 2.05) is 10.3 Å². The lowest BCUT2D eigenvalue weighted by atomic mass is 10.4. The zero-order valence-electron chi connectivity index (χ0n) is 10.9. The molecule has 0 atom stereocenters. The maximum Gasteiger partial charge on any atom is 0.276 e. The molecule has 0 aliphatic heterocycles. The third-order valence-electron chi connectivity index (χ3n) is 2.49. The molecule has 8 nitrogen and oxygen atoms in total. The van der Waals surface area contributed by atoms with E-state index in [1.54, 1.807) is 11.4 Å². The van der Waals surface area contributed by atoms with Crippen molar-refractivity contribution in [1.29, 1.82) is 0 Å². The molecule has 0 spiro atoms. The summed E-state index contributed by atoms with van der Waals surface area (Å²) in [5, 5.41) is 6.61. The summed E-state index contributed by atoms with van der Waals surface area (Å²) >= 11 is 1.14. The SMILES string of the molecule is NS(=O)(=O)c1cccc(S(=O)(=O)NNC(=O)c2cccs2)c1. The monoisotopic (exact) mass is 361 g/mol. The maximum atomic E-state index is 12.0. The van der Waals surface area contributed by atoms with E-state index in [1.165, 1.54) is 24.3 Å². The lowest BCUT2D eigenvalue weighted by Gasteiger charge is -2.08. The van der Waals surface area contributed by atoms with Crippen LogP contribution in [-0.2, 0) is 20.0 Å². The second-order valence-corrected chi connectivity index (χ2v) is 8.25. The van der Waals surface area contributed by atoms with Crippen LogP contribution in [0.2, 0.25) is 0 Å². The predicted octanol–water partition coefficient (Wildman–Crippen LogP) is 0.0188. The average Bonchev–Trinajstić information content (AvgIpc) is 2.98. The van der Waals surface area contributed by atoms with E-state index in [-0.39, 0.29) is 9.79 Å². The van der Waals surface area contributed by atoms with Crippen LogP contribution in [0.25, 0.3) is 0 Å². The summed E-state index contributed by atoms with van der Waals surface area (Å²) in [5.41, 5.74) is 2.03. The highest BCUT2D eigenvalue weighted by Crippen LogP contribution is 2.14. The van der Waals surface area contributed by atoms with Gasteiger partial charge in [0.05, 0.1) is 14.7 Å². The van der Waals surface area contributed by atoms with E-state index in [9.17, 15) is 21.6 Å². The Bertz CT molecular complexity index is 889. The fourth-order valence-corrected chi connectivity index (χ4v) is 3.60. The number of nitrogens with two attached hydrogens (primary N) is 1. The molecule has 2 rings (SSSR count). The molecule has 0 aliphatic carbocycles. The van der Waals surface area contributed by atoms with E-state index >= 15 is 0 Å². The number of sulfonamides is 2. The number of benzene rings is 1. The van der Waals surface area contributed by atoms with Crippen molar-refractivity contribution in [1.82, 2.24) is 10.3 Å². The Morgan fingerprint density at radius 3 is 2.32 bits per heavy atom. The summed E-state index contributed by atoms with van der Waals surface area (Å²) in [7, 11) is -8.16. The molecule has 4 N–H and O–H groups in total. The van der Waals surface area contributed by atoms with Crippen LogP contribution in [-0.4, -0.2) is 22.7 Å². The Balaban J connectivity index is 2.19. The summed E-state index contributed by atoms with van der Waals surface area (Å²) in [6.45, 7) is 0. The van der Waals surface area contributed by atoms with Crippen molar-refractivity contribution in [2.75, 3.05) is 0 Å². The van der Waals surface area contributed by atoms with Gasteiger partial charge in [0.1, 0.15) is 0 Å². The third kappa shape index (κ3) is 3.90. The molecule has 11 heteroatoms. The topological polar surface area (TPSA) is 135 Å². The molecule has 0 fully saturated rings. The molecule has 0 saturated carbocycles. The van der Waals surface area contributed by atoms with Crippen LogP contribution in [0.4, 0.5) is 0 Å². The van der Waals surface area contributed by atoms with Gasteiger partial charge in [-0.2, -0.15) is 0 Å². The zero-order chi connectivity index (χ0) is 16.4. The molecule has 118 valence electrons. The second-order valence-electron chi connectivity index (χ2n) is 4.06.